The molecule has 0 radical (unpaired) electrons. The van der Waals surface area contributed by atoms with Gasteiger partial charge in [-0.15, -0.1) is 0 Å². The van der Waals surface area contributed by atoms with Crippen LogP contribution in [-0.4, -0.2) is 16.3 Å². The normalized spacial score (nSPS) is 15.2. The van der Waals surface area contributed by atoms with Gasteiger partial charge in [0.25, 0.3) is 0 Å². The first-order valence-corrected chi connectivity index (χ1v) is 4.85. The number of phenolic OH excluding ortho intramolecular Hbond substituents is 1. The van der Waals surface area contributed by atoms with Crippen molar-refractivity contribution in [3.8, 4) is 5.75 Å². The third-order valence-electron chi connectivity index (χ3n) is 1.98. The fourth-order valence-electron chi connectivity index (χ4n) is 1.08. The Bertz CT molecular complexity index is 344. The SMILES string of the molecule is CC(O)C(N)c1ccc(F)c(Br)c1O. The fraction of sp³-hybridized carbons (Fsp3) is 0.333. The Hall–Kier alpha value is -0.650. The van der Waals surface area contributed by atoms with Crippen LogP contribution >= 0.6 is 15.9 Å². The van der Waals surface area contributed by atoms with E-state index in [1.807, 2.05) is 0 Å². The summed E-state index contributed by atoms with van der Waals surface area (Å²) in [6, 6.07) is 1.81. The van der Waals surface area contributed by atoms with Crippen LogP contribution in [0.1, 0.15) is 18.5 Å². The lowest BCUT2D eigenvalue weighted by atomic mass is 10.0. The number of rotatable bonds is 2. The van der Waals surface area contributed by atoms with Gasteiger partial charge in [-0.2, -0.15) is 0 Å². The summed E-state index contributed by atoms with van der Waals surface area (Å²) in [5.41, 5.74) is 5.92. The van der Waals surface area contributed by atoms with Crippen molar-refractivity contribution >= 4 is 15.9 Å². The fourth-order valence-corrected chi connectivity index (χ4v) is 1.44. The van der Waals surface area contributed by atoms with E-state index in [1.54, 1.807) is 0 Å². The molecule has 1 aromatic carbocycles. The lowest BCUT2D eigenvalue weighted by Gasteiger charge is -2.17. The predicted molar refractivity (Wildman–Crippen MR) is 54.4 cm³/mol. The first kappa shape index (κ1) is 11.4. The van der Waals surface area contributed by atoms with Gasteiger partial charge in [-0.1, -0.05) is 6.07 Å². The van der Waals surface area contributed by atoms with Crippen LogP contribution in [0.5, 0.6) is 5.75 Å². The number of benzene rings is 1. The van der Waals surface area contributed by atoms with E-state index in [4.69, 9.17) is 5.73 Å². The molecule has 5 heteroatoms. The monoisotopic (exact) mass is 263 g/mol. The minimum atomic E-state index is -0.807. The molecule has 0 bridgehead atoms. The summed E-state index contributed by atoms with van der Waals surface area (Å²) in [5, 5.41) is 18.7. The Labute approximate surface area is 89.5 Å². The van der Waals surface area contributed by atoms with E-state index in [2.05, 4.69) is 15.9 Å². The zero-order valence-corrected chi connectivity index (χ0v) is 9.12. The molecule has 0 heterocycles. The number of hydrogen-bond donors (Lipinski definition) is 3. The van der Waals surface area contributed by atoms with Crippen molar-refractivity contribution in [1.82, 2.24) is 0 Å². The van der Waals surface area contributed by atoms with Gasteiger partial charge in [0.1, 0.15) is 11.6 Å². The Kier molecular flexibility index (Phi) is 3.47. The zero-order chi connectivity index (χ0) is 10.9. The summed E-state index contributed by atoms with van der Waals surface area (Å²) in [7, 11) is 0. The van der Waals surface area contributed by atoms with E-state index in [9.17, 15) is 14.6 Å². The highest BCUT2D eigenvalue weighted by Crippen LogP contribution is 2.34. The molecule has 1 rings (SSSR count). The lowest BCUT2D eigenvalue weighted by molar-refractivity contribution is 0.162. The van der Waals surface area contributed by atoms with Gasteiger partial charge in [-0.3, -0.25) is 0 Å². The smallest absolute Gasteiger partial charge is 0.141 e. The highest BCUT2D eigenvalue weighted by atomic mass is 79.9. The first-order valence-electron chi connectivity index (χ1n) is 4.05. The molecular weight excluding hydrogens is 253 g/mol. The number of aliphatic hydroxyl groups excluding tert-OH is 1. The molecule has 0 fully saturated rings. The zero-order valence-electron chi connectivity index (χ0n) is 7.54. The molecule has 2 unspecified atom stereocenters. The number of nitrogens with two attached hydrogens (primary N) is 1. The Morgan fingerprint density at radius 3 is 2.57 bits per heavy atom. The third kappa shape index (κ3) is 2.05. The van der Waals surface area contributed by atoms with Crippen LogP contribution in [0.4, 0.5) is 4.39 Å². The molecule has 0 aromatic heterocycles. The van der Waals surface area contributed by atoms with Crippen molar-refractivity contribution in [2.24, 2.45) is 5.73 Å². The Morgan fingerprint density at radius 1 is 1.50 bits per heavy atom. The minimum Gasteiger partial charge on any atom is -0.506 e. The average molecular weight is 264 g/mol. The molecule has 14 heavy (non-hydrogen) atoms. The molecule has 0 aliphatic carbocycles. The largest absolute Gasteiger partial charge is 0.506 e. The molecule has 0 saturated carbocycles. The van der Waals surface area contributed by atoms with Gasteiger partial charge in [-0.25, -0.2) is 4.39 Å². The molecule has 2 atom stereocenters. The highest BCUT2D eigenvalue weighted by Gasteiger charge is 2.19. The van der Waals surface area contributed by atoms with E-state index in [-0.39, 0.29) is 10.2 Å². The standard InChI is InChI=1S/C9H11BrFNO2/c1-4(13)8(12)5-2-3-6(11)7(10)9(5)14/h2-4,8,13-14H,12H2,1H3. The average Bonchev–Trinajstić information content (AvgIpc) is 2.13. The molecule has 0 spiro atoms. The molecule has 0 aliphatic rings. The van der Waals surface area contributed by atoms with Gasteiger partial charge >= 0.3 is 0 Å². The van der Waals surface area contributed by atoms with Crippen molar-refractivity contribution in [2.45, 2.75) is 19.1 Å². The van der Waals surface area contributed by atoms with Crippen LogP contribution in [-0.2, 0) is 0 Å². The maximum atomic E-state index is 12.9. The van der Waals surface area contributed by atoms with E-state index in [1.165, 1.54) is 19.1 Å². The van der Waals surface area contributed by atoms with Gasteiger partial charge in [-0.05, 0) is 28.9 Å². The second-order valence-corrected chi connectivity index (χ2v) is 3.86. The summed E-state index contributed by atoms with van der Waals surface area (Å²) in [6.07, 6.45) is -0.807. The molecule has 0 saturated heterocycles. The van der Waals surface area contributed by atoms with E-state index < -0.39 is 18.0 Å². The van der Waals surface area contributed by atoms with E-state index in [0.29, 0.717) is 5.56 Å². The molecule has 4 N–H and O–H groups in total. The number of aromatic hydroxyl groups is 1. The highest BCUT2D eigenvalue weighted by molar-refractivity contribution is 9.10. The summed E-state index contributed by atoms with van der Waals surface area (Å²) in [6.45, 7) is 1.50. The van der Waals surface area contributed by atoms with Crippen LogP contribution in [0.25, 0.3) is 0 Å². The summed E-state index contributed by atoms with van der Waals surface area (Å²) >= 11 is 2.89. The van der Waals surface area contributed by atoms with Crippen molar-refractivity contribution < 1.29 is 14.6 Å². The van der Waals surface area contributed by atoms with Crippen molar-refractivity contribution in [1.29, 1.82) is 0 Å². The maximum absolute atomic E-state index is 12.9. The van der Waals surface area contributed by atoms with Gasteiger partial charge < -0.3 is 15.9 Å². The maximum Gasteiger partial charge on any atom is 0.141 e. The second kappa shape index (κ2) is 4.25. The summed E-state index contributed by atoms with van der Waals surface area (Å²) in [4.78, 5) is 0. The number of phenols is 1. The number of aliphatic hydroxyl groups is 1. The van der Waals surface area contributed by atoms with Gasteiger partial charge in [0, 0.05) is 5.56 Å². The van der Waals surface area contributed by atoms with Crippen molar-refractivity contribution in [3.63, 3.8) is 0 Å². The van der Waals surface area contributed by atoms with Crippen LogP contribution in [0, 0.1) is 5.82 Å². The third-order valence-corrected chi connectivity index (χ3v) is 2.73. The summed E-state index contributed by atoms with van der Waals surface area (Å²) < 4.78 is 12.9. The molecule has 78 valence electrons. The van der Waals surface area contributed by atoms with Crippen LogP contribution in [0.2, 0.25) is 0 Å². The molecule has 3 nitrogen and oxygen atoms in total. The second-order valence-electron chi connectivity index (χ2n) is 3.07. The molecule has 0 amide bonds. The van der Waals surface area contributed by atoms with Crippen LogP contribution < -0.4 is 5.73 Å². The number of hydrogen-bond acceptors (Lipinski definition) is 3. The summed E-state index contributed by atoms with van der Waals surface area (Å²) in [5.74, 6) is -0.831. The van der Waals surface area contributed by atoms with Crippen molar-refractivity contribution in [2.75, 3.05) is 0 Å². The molecule has 0 aliphatic heterocycles. The Balaban J connectivity index is 3.17. The van der Waals surface area contributed by atoms with E-state index in [0.717, 1.165) is 0 Å². The predicted octanol–water partition coefficient (Wildman–Crippen LogP) is 1.67. The van der Waals surface area contributed by atoms with Crippen LogP contribution in [0.3, 0.4) is 0 Å². The quantitative estimate of drug-likeness (QED) is 0.761. The molecule has 1 aromatic rings. The van der Waals surface area contributed by atoms with Gasteiger partial charge in [0.15, 0.2) is 0 Å². The van der Waals surface area contributed by atoms with Crippen LogP contribution in [0.15, 0.2) is 16.6 Å². The lowest BCUT2D eigenvalue weighted by Crippen LogP contribution is -2.23. The first-order chi connectivity index (χ1) is 6.45. The Morgan fingerprint density at radius 2 is 2.07 bits per heavy atom. The van der Waals surface area contributed by atoms with E-state index >= 15 is 0 Å². The van der Waals surface area contributed by atoms with Gasteiger partial charge in [0.05, 0.1) is 16.6 Å². The van der Waals surface area contributed by atoms with Crippen molar-refractivity contribution in [3.05, 3.63) is 28.0 Å². The molecular formula is C9H11BrFNO2. The topological polar surface area (TPSA) is 66.5 Å². The number of halogens is 2. The van der Waals surface area contributed by atoms with Gasteiger partial charge in [0.2, 0.25) is 0 Å². The minimum absolute atomic E-state index is 0.0360.